The molecule has 0 aliphatic heterocycles. The van der Waals surface area contributed by atoms with E-state index in [0.717, 1.165) is 17.7 Å². The Morgan fingerprint density at radius 1 is 1.13 bits per heavy atom. The van der Waals surface area contributed by atoms with Crippen LogP contribution in [0.3, 0.4) is 0 Å². The van der Waals surface area contributed by atoms with E-state index in [9.17, 15) is 13.8 Å². The van der Waals surface area contributed by atoms with Crippen molar-refractivity contribution in [1.82, 2.24) is 19.7 Å². The monoisotopic (exact) mass is 683 g/mol. The van der Waals surface area contributed by atoms with Crippen molar-refractivity contribution < 1.29 is 41.9 Å². The molecule has 47 heavy (non-hydrogen) atoms. The van der Waals surface area contributed by atoms with E-state index in [1.807, 2.05) is 17.5 Å². The highest BCUT2D eigenvalue weighted by Gasteiger charge is 2.45. The molecule has 2 atom stereocenters. The van der Waals surface area contributed by atoms with E-state index >= 15 is 4.39 Å². The number of ether oxygens (including phenoxy) is 2. The van der Waals surface area contributed by atoms with Crippen LogP contribution in [0.2, 0.25) is 0 Å². The molecule has 5 aromatic rings. The van der Waals surface area contributed by atoms with Crippen LogP contribution in [0.15, 0.2) is 89.8 Å². The second-order valence-electron chi connectivity index (χ2n) is 10.3. The second kappa shape index (κ2) is 14.5. The molecule has 0 amide bonds. The molecule has 0 aliphatic carbocycles. The van der Waals surface area contributed by atoms with E-state index in [1.54, 1.807) is 19.1 Å². The number of carbonyl (C=O) groups excluding carboxylic acids is 1. The van der Waals surface area contributed by atoms with Crippen LogP contribution in [-0.4, -0.2) is 49.0 Å². The first kappa shape index (κ1) is 33.9. The van der Waals surface area contributed by atoms with Crippen molar-refractivity contribution >= 4 is 37.5 Å². The van der Waals surface area contributed by atoms with Crippen molar-refractivity contribution in [2.24, 2.45) is 4.99 Å². The van der Waals surface area contributed by atoms with E-state index in [2.05, 4.69) is 26.3 Å². The highest BCUT2D eigenvalue weighted by atomic mass is 32.1. The first-order chi connectivity index (χ1) is 22.5. The van der Waals surface area contributed by atoms with Gasteiger partial charge in [-0.3, -0.25) is 9.52 Å². The van der Waals surface area contributed by atoms with Crippen molar-refractivity contribution in [3.63, 3.8) is 0 Å². The number of esters is 1. The molecular weight excluding hydrogens is 655 g/mol. The van der Waals surface area contributed by atoms with Crippen molar-refractivity contribution in [3.8, 4) is 11.3 Å². The predicted octanol–water partition coefficient (Wildman–Crippen LogP) is 6.15. The van der Waals surface area contributed by atoms with Gasteiger partial charge in [-0.15, -0.1) is 11.3 Å². The zero-order chi connectivity index (χ0) is 33.6. The Morgan fingerprint density at radius 3 is 2.51 bits per heavy atom. The van der Waals surface area contributed by atoms with Crippen molar-refractivity contribution in [3.05, 3.63) is 118 Å². The topological polar surface area (TPSA) is 158 Å². The Labute approximate surface area is 271 Å². The van der Waals surface area contributed by atoms with Crippen molar-refractivity contribution in [1.29, 1.82) is 0 Å². The van der Waals surface area contributed by atoms with Gasteiger partial charge >= 0.3 is 13.8 Å². The highest BCUT2D eigenvalue weighted by molar-refractivity contribution is 7.46. The fourth-order valence-corrected chi connectivity index (χ4v) is 6.10. The second-order valence-corrected chi connectivity index (χ2v) is 12.4. The molecule has 3 aromatic carbocycles. The molecule has 0 saturated carbocycles. The average Bonchev–Trinajstić information content (AvgIpc) is 3.76. The number of rotatable bonds is 14. The zero-order valence-electron chi connectivity index (χ0n) is 24.8. The predicted molar refractivity (Wildman–Crippen MR) is 168 cm³/mol. The first-order valence-electron chi connectivity index (χ1n) is 13.9. The number of carbonyl (C=O) groups is 1. The van der Waals surface area contributed by atoms with Crippen LogP contribution in [0, 0.1) is 11.6 Å². The van der Waals surface area contributed by atoms with Gasteiger partial charge in [0.1, 0.15) is 29.9 Å². The lowest BCUT2D eigenvalue weighted by Crippen LogP contribution is -2.42. The highest BCUT2D eigenvalue weighted by Crippen LogP contribution is 2.44. The van der Waals surface area contributed by atoms with Gasteiger partial charge in [-0.05, 0) is 42.6 Å². The van der Waals surface area contributed by atoms with Gasteiger partial charge in [-0.25, -0.2) is 32.8 Å². The number of benzene rings is 3. The smallest absolute Gasteiger partial charge is 0.435 e. The minimum Gasteiger partial charge on any atom is -0.435 e. The zero-order valence-corrected chi connectivity index (χ0v) is 26.5. The molecule has 0 fully saturated rings. The molecule has 244 valence electrons. The van der Waals surface area contributed by atoms with Gasteiger partial charge in [0, 0.05) is 28.5 Å². The maximum absolute atomic E-state index is 15.7. The number of nitrogens with zero attached hydrogens (tertiary/aromatic N) is 5. The lowest BCUT2D eigenvalue weighted by atomic mass is 9.81. The SMILES string of the molecule is C=Nc1ccc(-c2csc([C@H](C)C(Cn3cncn3)(OCOC(=O)c3ccc(COP(=O)(O)O)cc3)c3ccc(F)cc3F)n2)cc1. The number of hydrogen-bond donors (Lipinski definition) is 2. The summed E-state index contributed by atoms with van der Waals surface area (Å²) in [5.41, 5.74) is 1.03. The lowest BCUT2D eigenvalue weighted by Gasteiger charge is -2.38. The molecule has 16 heteroatoms. The van der Waals surface area contributed by atoms with Crippen LogP contribution < -0.4 is 0 Å². The van der Waals surface area contributed by atoms with Crippen LogP contribution in [0.1, 0.15) is 39.3 Å². The molecule has 5 rings (SSSR count). The van der Waals surface area contributed by atoms with Crippen LogP contribution >= 0.6 is 19.2 Å². The van der Waals surface area contributed by atoms with E-state index in [1.165, 1.54) is 59.0 Å². The van der Waals surface area contributed by atoms with Crippen LogP contribution in [0.4, 0.5) is 14.5 Å². The number of phosphoric ester groups is 1. The van der Waals surface area contributed by atoms with Crippen LogP contribution in [0.5, 0.6) is 0 Å². The summed E-state index contributed by atoms with van der Waals surface area (Å²) in [6, 6.07) is 16.1. The molecular formula is C31H28F2N5O7PS. The van der Waals surface area contributed by atoms with E-state index in [0.29, 0.717) is 22.0 Å². The lowest BCUT2D eigenvalue weighted by molar-refractivity contribution is -0.148. The Hall–Kier alpha value is -4.50. The number of hydrogen-bond acceptors (Lipinski definition) is 10. The Kier molecular flexibility index (Phi) is 10.4. The first-order valence-corrected chi connectivity index (χ1v) is 16.3. The standard InChI is InChI=1S/C31H28F2N5O7PS/c1-20(29-37-28(15-47-29)22-7-10-25(34-2)11-8-22)31(16-38-18-35-17-36-38,26-12-9-24(32)13-27(26)33)44-19-43-30(39)23-5-3-21(4-6-23)14-45-46(40,41)42/h3-13,15,17-18,20H,2,14,16,19H2,1H3,(H2,40,41,42)/t20-,31?/m0/s1. The van der Waals surface area contributed by atoms with Gasteiger partial charge in [0.2, 0.25) is 0 Å². The van der Waals surface area contributed by atoms with E-state index in [-0.39, 0.29) is 24.3 Å². The summed E-state index contributed by atoms with van der Waals surface area (Å²) >= 11 is 1.31. The van der Waals surface area contributed by atoms with Crippen molar-refractivity contribution in [2.75, 3.05) is 6.79 Å². The van der Waals surface area contributed by atoms with Gasteiger partial charge in [0.15, 0.2) is 6.79 Å². The van der Waals surface area contributed by atoms with E-state index in [4.69, 9.17) is 24.2 Å². The van der Waals surface area contributed by atoms with Gasteiger partial charge in [-0.2, -0.15) is 5.10 Å². The summed E-state index contributed by atoms with van der Waals surface area (Å²) < 4.78 is 58.4. The molecule has 2 heterocycles. The summed E-state index contributed by atoms with van der Waals surface area (Å²) in [6.45, 7) is 4.17. The molecule has 1 unspecified atom stereocenters. The minimum absolute atomic E-state index is 0.0227. The number of thiazole rings is 1. The normalized spacial score (nSPS) is 13.6. The molecule has 0 bridgehead atoms. The van der Waals surface area contributed by atoms with Gasteiger partial charge in [0.05, 0.1) is 35.1 Å². The molecule has 0 radical (unpaired) electrons. The summed E-state index contributed by atoms with van der Waals surface area (Å²) in [5, 5.41) is 6.57. The summed E-state index contributed by atoms with van der Waals surface area (Å²) in [7, 11) is -4.67. The minimum atomic E-state index is -4.67. The molecule has 2 N–H and O–H groups in total. The Bertz CT molecular complexity index is 1890. The number of halogens is 2. The van der Waals surface area contributed by atoms with E-state index < -0.39 is 43.7 Å². The number of aromatic nitrogens is 4. The third-order valence-electron chi connectivity index (χ3n) is 7.28. The van der Waals surface area contributed by atoms with Crippen molar-refractivity contribution in [2.45, 2.75) is 31.6 Å². The quantitative estimate of drug-likeness (QED) is 0.0602. The van der Waals surface area contributed by atoms with Gasteiger partial charge < -0.3 is 19.3 Å². The largest absolute Gasteiger partial charge is 0.469 e. The Balaban J connectivity index is 1.45. The molecule has 2 aromatic heterocycles. The summed E-state index contributed by atoms with van der Waals surface area (Å²) in [4.78, 5) is 43.5. The number of aliphatic imine (C=N–C) groups is 1. The maximum Gasteiger partial charge on any atom is 0.469 e. The average molecular weight is 684 g/mol. The van der Waals surface area contributed by atoms with Gasteiger partial charge in [-0.1, -0.05) is 37.3 Å². The third-order valence-corrected chi connectivity index (χ3v) is 8.78. The fourth-order valence-electron chi connectivity index (χ4n) is 4.81. The third kappa shape index (κ3) is 8.27. The van der Waals surface area contributed by atoms with Crippen LogP contribution in [-0.2, 0) is 37.3 Å². The number of phosphoric acid groups is 1. The molecule has 0 aliphatic rings. The fraction of sp³-hybridized carbons (Fsp3) is 0.194. The maximum atomic E-state index is 15.7. The summed E-state index contributed by atoms with van der Waals surface area (Å²) in [5.74, 6) is -3.17. The summed E-state index contributed by atoms with van der Waals surface area (Å²) in [6.07, 6.45) is 2.72. The molecule has 0 saturated heterocycles. The Morgan fingerprint density at radius 2 is 1.87 bits per heavy atom. The molecule has 0 spiro atoms. The molecule has 12 nitrogen and oxygen atoms in total. The van der Waals surface area contributed by atoms with Gasteiger partial charge in [0.25, 0.3) is 0 Å². The van der Waals surface area contributed by atoms with Crippen LogP contribution in [0.25, 0.3) is 11.3 Å².